The first-order valence-electron chi connectivity index (χ1n) is 10.6. The van der Waals surface area contributed by atoms with Crippen LogP contribution in [-0.4, -0.2) is 44.1 Å². The molecule has 0 saturated heterocycles. The molecule has 4 N–H and O–H groups in total. The zero-order valence-electron chi connectivity index (χ0n) is 19.2. The Balaban J connectivity index is 1.72. The van der Waals surface area contributed by atoms with E-state index in [-0.39, 0.29) is 36.0 Å². The summed E-state index contributed by atoms with van der Waals surface area (Å²) in [7, 11) is 0. The summed E-state index contributed by atoms with van der Waals surface area (Å²) < 4.78 is 41.8. The van der Waals surface area contributed by atoms with Crippen molar-refractivity contribution in [2.75, 3.05) is 11.9 Å². The minimum Gasteiger partial charge on any atom is -0.358 e. The third-order valence-corrected chi connectivity index (χ3v) is 4.82. The molecule has 182 valence electrons. The molecule has 0 atom stereocenters. The average Bonchev–Trinajstić information content (AvgIpc) is 3.18. The number of carbonyl (C=O) groups excluding carboxylic acids is 2. The monoisotopic (exact) mass is 477 g/mol. The van der Waals surface area contributed by atoms with Crippen LogP contribution in [0, 0.1) is 5.82 Å². The summed E-state index contributed by atoms with van der Waals surface area (Å²) >= 11 is 0. The van der Waals surface area contributed by atoms with Crippen LogP contribution in [0.4, 0.5) is 19.0 Å². The highest BCUT2D eigenvalue weighted by atomic mass is 19.3. The van der Waals surface area contributed by atoms with Crippen LogP contribution in [0.3, 0.4) is 0 Å². The van der Waals surface area contributed by atoms with Crippen LogP contribution in [0.1, 0.15) is 55.7 Å². The number of fused-ring (bicyclic) bond motifs is 1. The van der Waals surface area contributed by atoms with E-state index in [4.69, 9.17) is 0 Å². The van der Waals surface area contributed by atoms with Gasteiger partial charge in [-0.15, -0.1) is 0 Å². The van der Waals surface area contributed by atoms with Gasteiger partial charge in [0.05, 0.1) is 12.1 Å². The number of carbonyl (C=O) groups is 2. The highest BCUT2D eigenvalue weighted by Gasteiger charge is 2.32. The topological polar surface area (TPSA) is 125 Å². The number of H-pyrrole nitrogens is 1. The van der Waals surface area contributed by atoms with Gasteiger partial charge in [0, 0.05) is 18.5 Å². The molecule has 0 aliphatic heterocycles. The minimum atomic E-state index is -3.31. The minimum absolute atomic E-state index is 0.0223. The summed E-state index contributed by atoms with van der Waals surface area (Å²) in [6.45, 7) is 6.65. The van der Waals surface area contributed by atoms with Gasteiger partial charge in [-0.2, -0.15) is 5.10 Å². The third kappa shape index (κ3) is 5.80. The number of alkyl halides is 2. The zero-order valence-corrected chi connectivity index (χ0v) is 19.2. The summed E-state index contributed by atoms with van der Waals surface area (Å²) in [5.74, 6) is -4.91. The van der Waals surface area contributed by atoms with Crippen molar-refractivity contribution in [3.63, 3.8) is 0 Å². The van der Waals surface area contributed by atoms with Crippen molar-refractivity contribution in [3.8, 4) is 0 Å². The van der Waals surface area contributed by atoms with Crippen molar-refractivity contribution in [2.45, 2.75) is 52.1 Å². The molecule has 9 nitrogen and oxygen atoms in total. The van der Waals surface area contributed by atoms with Crippen molar-refractivity contribution >= 4 is 28.7 Å². The van der Waals surface area contributed by atoms with Gasteiger partial charge in [-0.05, 0) is 38.5 Å². The Morgan fingerprint density at radius 2 is 1.88 bits per heavy atom. The largest absolute Gasteiger partial charge is 0.358 e. The van der Waals surface area contributed by atoms with E-state index >= 15 is 0 Å². The molecule has 12 heteroatoms. The smallest absolute Gasteiger partial charge is 0.275 e. The Kier molecular flexibility index (Phi) is 7.08. The number of amides is 2. The Morgan fingerprint density at radius 1 is 1.15 bits per heavy atom. The summed E-state index contributed by atoms with van der Waals surface area (Å²) in [5.41, 5.74) is -0.291. The van der Waals surface area contributed by atoms with Gasteiger partial charge in [-0.1, -0.05) is 13.0 Å². The lowest BCUT2D eigenvalue weighted by molar-refractivity contribution is -0.120. The van der Waals surface area contributed by atoms with Crippen LogP contribution in [0.25, 0.3) is 11.0 Å². The fourth-order valence-electron chi connectivity index (χ4n) is 3.18. The maximum absolute atomic E-state index is 14.0. The van der Waals surface area contributed by atoms with Crippen LogP contribution in [0.15, 0.2) is 24.5 Å². The molecule has 0 bridgehead atoms. The lowest BCUT2D eigenvalue weighted by atomic mass is 10.0. The maximum atomic E-state index is 14.0. The lowest BCUT2D eigenvalue weighted by Crippen LogP contribution is -2.43. The van der Waals surface area contributed by atoms with E-state index in [1.54, 1.807) is 0 Å². The van der Waals surface area contributed by atoms with Gasteiger partial charge < -0.3 is 16.0 Å². The second-order valence-electron chi connectivity index (χ2n) is 8.72. The van der Waals surface area contributed by atoms with Crippen molar-refractivity contribution in [1.82, 2.24) is 30.8 Å². The molecule has 2 heterocycles. The molecule has 3 rings (SSSR count). The number of halogens is 3. The predicted molar refractivity (Wildman–Crippen MR) is 120 cm³/mol. The Hall–Kier alpha value is -3.70. The molecular formula is C22H26F3N7O2. The summed E-state index contributed by atoms with van der Waals surface area (Å²) in [4.78, 5) is 32.8. The van der Waals surface area contributed by atoms with E-state index in [1.807, 2.05) is 20.8 Å². The molecule has 0 unspecified atom stereocenters. The molecule has 1 aromatic carbocycles. The molecule has 2 aromatic heterocycles. The molecule has 0 fully saturated rings. The van der Waals surface area contributed by atoms with E-state index < -0.39 is 35.2 Å². The average molecular weight is 477 g/mol. The molecule has 0 aliphatic rings. The van der Waals surface area contributed by atoms with Crippen LogP contribution in [-0.2, 0) is 17.3 Å². The molecule has 0 radical (unpaired) electrons. The third-order valence-electron chi connectivity index (χ3n) is 4.82. The normalized spacial score (nSPS) is 12.0. The van der Waals surface area contributed by atoms with Gasteiger partial charge in [-0.25, -0.2) is 23.1 Å². The first-order chi connectivity index (χ1) is 15.9. The summed E-state index contributed by atoms with van der Waals surface area (Å²) in [6.07, 6.45) is 0.623. The van der Waals surface area contributed by atoms with Gasteiger partial charge in [-0.3, -0.25) is 14.7 Å². The van der Waals surface area contributed by atoms with Crippen LogP contribution in [0.2, 0.25) is 0 Å². The summed E-state index contributed by atoms with van der Waals surface area (Å²) in [5, 5.41) is 15.0. The second-order valence-corrected chi connectivity index (χ2v) is 8.72. The summed E-state index contributed by atoms with van der Waals surface area (Å²) in [6, 6.07) is 3.31. The van der Waals surface area contributed by atoms with Crippen molar-refractivity contribution in [2.24, 2.45) is 0 Å². The SMILES string of the molecule is CCC(F)(F)c1cc(CNC(=O)c2ncnc3c(NCC(=O)NC(C)(C)C)n[nH]c23)ccc1F. The number of nitrogens with one attached hydrogen (secondary N) is 4. The van der Waals surface area contributed by atoms with Gasteiger partial charge >= 0.3 is 0 Å². The van der Waals surface area contributed by atoms with Crippen LogP contribution in [0.5, 0.6) is 0 Å². The molecular weight excluding hydrogens is 451 g/mol. The number of aromatic nitrogens is 4. The number of nitrogens with zero attached hydrogens (tertiary/aromatic N) is 3. The van der Waals surface area contributed by atoms with E-state index in [2.05, 4.69) is 36.1 Å². The van der Waals surface area contributed by atoms with Crippen LogP contribution >= 0.6 is 0 Å². The number of benzene rings is 1. The van der Waals surface area contributed by atoms with Crippen molar-refractivity contribution in [1.29, 1.82) is 0 Å². The van der Waals surface area contributed by atoms with E-state index in [1.165, 1.54) is 19.3 Å². The fourth-order valence-corrected chi connectivity index (χ4v) is 3.18. The van der Waals surface area contributed by atoms with E-state index in [9.17, 15) is 22.8 Å². The second kappa shape index (κ2) is 9.65. The van der Waals surface area contributed by atoms with Crippen molar-refractivity contribution < 1.29 is 22.8 Å². The number of rotatable bonds is 8. The standard InChI is InChI=1S/C22H26F3N7O2/c1-5-22(24,25)13-8-12(6-7-14(13)23)9-27-20(34)18-16-17(28-11-29-18)19(32-31-16)26-10-15(33)30-21(2,3)4/h6-8,11H,5,9-10H2,1-4H3,(H,27,34)(H,30,33)(H2,26,31,32). The van der Waals surface area contributed by atoms with Gasteiger partial charge in [0.2, 0.25) is 5.91 Å². The number of anilines is 1. The van der Waals surface area contributed by atoms with Gasteiger partial charge in [0.25, 0.3) is 11.8 Å². The Labute approximate surface area is 193 Å². The highest BCUT2D eigenvalue weighted by molar-refractivity contribution is 6.04. The maximum Gasteiger partial charge on any atom is 0.275 e. The van der Waals surface area contributed by atoms with Crippen LogP contribution < -0.4 is 16.0 Å². The molecule has 0 saturated carbocycles. The van der Waals surface area contributed by atoms with Gasteiger partial charge in [0.1, 0.15) is 23.2 Å². The first kappa shape index (κ1) is 24.9. The number of hydrogen-bond acceptors (Lipinski definition) is 6. The predicted octanol–water partition coefficient (Wildman–Crippen LogP) is 3.25. The molecule has 2 amide bonds. The number of hydrogen-bond donors (Lipinski definition) is 4. The molecule has 0 aliphatic carbocycles. The fraction of sp³-hybridized carbons (Fsp3) is 0.409. The molecule has 0 spiro atoms. The lowest BCUT2D eigenvalue weighted by Gasteiger charge is -2.20. The van der Waals surface area contributed by atoms with E-state index in [0.29, 0.717) is 11.1 Å². The zero-order chi connectivity index (χ0) is 25.1. The first-order valence-corrected chi connectivity index (χ1v) is 10.6. The molecule has 3 aromatic rings. The quantitative estimate of drug-likeness (QED) is 0.395. The van der Waals surface area contributed by atoms with Crippen molar-refractivity contribution in [3.05, 3.63) is 47.2 Å². The highest BCUT2D eigenvalue weighted by Crippen LogP contribution is 2.33. The Morgan fingerprint density at radius 3 is 2.56 bits per heavy atom. The number of aromatic amines is 1. The molecule has 34 heavy (non-hydrogen) atoms. The van der Waals surface area contributed by atoms with Gasteiger partial charge in [0.15, 0.2) is 11.5 Å². The Bertz CT molecular complexity index is 1200. The van der Waals surface area contributed by atoms with E-state index in [0.717, 1.165) is 12.1 Å².